The molecule has 1 unspecified atom stereocenters. The van der Waals surface area contributed by atoms with Crippen molar-refractivity contribution < 1.29 is 32.0 Å². The van der Waals surface area contributed by atoms with Crippen LogP contribution in [-0.2, 0) is 19.7 Å². The minimum atomic E-state index is -4.66. The minimum Gasteiger partial charge on any atom is -0.385 e. The third kappa shape index (κ3) is 4.56. The van der Waals surface area contributed by atoms with Gasteiger partial charge >= 0.3 is 6.18 Å². The molecule has 29 heavy (non-hydrogen) atoms. The Morgan fingerprint density at radius 3 is 2.76 bits per heavy atom. The molecule has 1 amide bonds. The number of aromatic nitrogens is 3. The molecule has 0 radical (unpaired) electrons. The van der Waals surface area contributed by atoms with Crippen LogP contribution < -0.4 is 0 Å². The first-order valence-electron chi connectivity index (χ1n) is 9.03. The largest absolute Gasteiger partial charge is 0.405 e. The van der Waals surface area contributed by atoms with Gasteiger partial charge in [0.25, 0.3) is 0 Å². The van der Waals surface area contributed by atoms with Gasteiger partial charge in [-0.3, -0.25) is 9.78 Å². The van der Waals surface area contributed by atoms with Crippen LogP contribution in [0.5, 0.6) is 0 Å². The van der Waals surface area contributed by atoms with Crippen LogP contribution in [0, 0.1) is 0 Å². The number of nitrogens with zero attached hydrogens (tertiary/aromatic N) is 4. The quantitative estimate of drug-likeness (QED) is 0.612. The van der Waals surface area contributed by atoms with Gasteiger partial charge in [-0.15, -0.1) is 0 Å². The van der Waals surface area contributed by atoms with Crippen LogP contribution in [0.2, 0.25) is 0 Å². The normalized spacial score (nSPS) is 19.7. The zero-order valence-electron chi connectivity index (χ0n) is 15.8. The smallest absolute Gasteiger partial charge is 0.385 e. The maximum Gasteiger partial charge on any atom is 0.405 e. The summed E-state index contributed by atoms with van der Waals surface area (Å²) in [5.41, 5.74) is -1.92. The number of hydrogen-bond acceptors (Lipinski definition) is 7. The highest BCUT2D eigenvalue weighted by Crippen LogP contribution is 2.47. The molecule has 1 saturated heterocycles. The summed E-state index contributed by atoms with van der Waals surface area (Å²) in [6.45, 7) is -0.186. The van der Waals surface area contributed by atoms with Crippen molar-refractivity contribution in [1.82, 2.24) is 20.0 Å². The van der Waals surface area contributed by atoms with Crippen LogP contribution in [0.3, 0.4) is 0 Å². The third-order valence-corrected chi connectivity index (χ3v) is 4.80. The topological polar surface area (TPSA) is 90.6 Å². The van der Waals surface area contributed by atoms with Crippen molar-refractivity contribution >= 4 is 5.91 Å². The van der Waals surface area contributed by atoms with Crippen molar-refractivity contribution in [3.05, 3.63) is 30.4 Å². The van der Waals surface area contributed by atoms with Crippen LogP contribution in [0.15, 0.2) is 29.0 Å². The molecule has 8 nitrogen and oxygen atoms in total. The van der Waals surface area contributed by atoms with Crippen LogP contribution >= 0.6 is 0 Å². The van der Waals surface area contributed by atoms with Gasteiger partial charge in [-0.05, 0) is 25.0 Å². The van der Waals surface area contributed by atoms with Gasteiger partial charge in [0.1, 0.15) is 6.61 Å². The average Bonchev–Trinajstić information content (AvgIpc) is 3.36. The highest BCUT2D eigenvalue weighted by Gasteiger charge is 2.63. The monoisotopic (exact) mass is 414 g/mol. The fraction of sp³-hybridized carbons (Fsp3) is 0.556. The van der Waals surface area contributed by atoms with E-state index >= 15 is 0 Å². The molecule has 1 aliphatic rings. The minimum absolute atomic E-state index is 0.0391. The lowest BCUT2D eigenvalue weighted by molar-refractivity contribution is -0.194. The second-order valence-electron chi connectivity index (χ2n) is 6.70. The van der Waals surface area contributed by atoms with E-state index < -0.39 is 29.9 Å². The third-order valence-electron chi connectivity index (χ3n) is 4.80. The fourth-order valence-electron chi connectivity index (χ4n) is 3.14. The lowest BCUT2D eigenvalue weighted by Crippen LogP contribution is -2.46. The Morgan fingerprint density at radius 2 is 2.07 bits per heavy atom. The number of methoxy groups -OCH3 is 1. The Morgan fingerprint density at radius 1 is 1.31 bits per heavy atom. The van der Waals surface area contributed by atoms with E-state index in [2.05, 4.69) is 15.1 Å². The molecule has 0 spiro atoms. The Kier molecular flexibility index (Phi) is 6.48. The van der Waals surface area contributed by atoms with Gasteiger partial charge in [0, 0.05) is 51.4 Å². The number of halogens is 3. The highest BCUT2D eigenvalue weighted by atomic mass is 19.4. The van der Waals surface area contributed by atoms with Gasteiger partial charge in [-0.1, -0.05) is 5.16 Å². The number of rotatable bonds is 8. The maximum atomic E-state index is 14.0. The van der Waals surface area contributed by atoms with Crippen LogP contribution in [0.4, 0.5) is 13.2 Å². The Bertz CT molecular complexity index is 815. The number of likely N-dealkylation sites (tertiary alicyclic amines) is 1. The average molecular weight is 414 g/mol. The SMILES string of the molecule is COCCCOCC(=O)N1CCC(c2nc(-c3ccncc3)no2)(C(F)(F)F)C1. The summed E-state index contributed by atoms with van der Waals surface area (Å²) in [7, 11) is 1.55. The molecule has 11 heteroatoms. The maximum absolute atomic E-state index is 14.0. The molecular weight excluding hydrogens is 393 g/mol. The van der Waals surface area contributed by atoms with Gasteiger partial charge in [-0.2, -0.15) is 18.2 Å². The first-order valence-corrected chi connectivity index (χ1v) is 9.03. The van der Waals surface area contributed by atoms with Crippen molar-refractivity contribution in [3.63, 3.8) is 0 Å². The zero-order valence-corrected chi connectivity index (χ0v) is 15.8. The number of alkyl halides is 3. The summed E-state index contributed by atoms with van der Waals surface area (Å²) in [5.74, 6) is -1.02. The lowest BCUT2D eigenvalue weighted by Gasteiger charge is -2.27. The van der Waals surface area contributed by atoms with Crippen LogP contribution in [0.1, 0.15) is 18.7 Å². The fourth-order valence-corrected chi connectivity index (χ4v) is 3.14. The summed E-state index contributed by atoms with van der Waals surface area (Å²) in [6.07, 6.45) is -1.47. The second kappa shape index (κ2) is 8.87. The van der Waals surface area contributed by atoms with E-state index in [0.717, 1.165) is 4.90 Å². The molecule has 0 aliphatic carbocycles. The molecule has 0 N–H and O–H groups in total. The second-order valence-corrected chi connectivity index (χ2v) is 6.70. The molecule has 0 saturated carbocycles. The summed E-state index contributed by atoms with van der Waals surface area (Å²) in [5, 5.41) is 3.68. The first-order chi connectivity index (χ1) is 13.9. The van der Waals surface area contributed by atoms with Gasteiger partial charge in [0.2, 0.25) is 17.6 Å². The van der Waals surface area contributed by atoms with E-state index in [1.807, 2.05) is 0 Å². The summed E-state index contributed by atoms with van der Waals surface area (Å²) >= 11 is 0. The van der Waals surface area contributed by atoms with Crippen molar-refractivity contribution in [2.45, 2.75) is 24.4 Å². The molecule has 0 bridgehead atoms. The molecule has 2 aromatic rings. The van der Waals surface area contributed by atoms with Gasteiger partial charge in [-0.25, -0.2) is 0 Å². The number of amides is 1. The summed E-state index contributed by atoms with van der Waals surface area (Å²) < 4.78 is 57.2. The van der Waals surface area contributed by atoms with Crippen molar-refractivity contribution in [3.8, 4) is 11.4 Å². The van der Waals surface area contributed by atoms with Crippen molar-refractivity contribution in [1.29, 1.82) is 0 Å². The Balaban J connectivity index is 1.73. The number of carbonyl (C=O) groups is 1. The molecule has 1 atom stereocenters. The standard InChI is InChI=1S/C18H21F3N4O4/c1-27-9-2-10-28-11-14(26)25-8-5-17(12-25,18(19,20)21)16-23-15(24-29-16)13-3-6-22-7-4-13/h3-4,6-7H,2,5,8-12H2,1H3. The predicted octanol–water partition coefficient (Wildman–Crippen LogP) is 2.22. The number of pyridine rings is 1. The van der Waals surface area contributed by atoms with Crippen molar-refractivity contribution in [2.24, 2.45) is 0 Å². The van der Waals surface area contributed by atoms with Gasteiger partial charge < -0.3 is 18.9 Å². The van der Waals surface area contributed by atoms with E-state index in [-0.39, 0.29) is 32.0 Å². The molecule has 3 heterocycles. The number of carbonyl (C=O) groups excluding carboxylic acids is 1. The predicted molar refractivity (Wildman–Crippen MR) is 93.8 cm³/mol. The Labute approximate surface area is 165 Å². The molecule has 0 aromatic carbocycles. The van der Waals surface area contributed by atoms with Gasteiger partial charge in [0.05, 0.1) is 0 Å². The van der Waals surface area contributed by atoms with E-state index in [1.54, 1.807) is 19.2 Å². The zero-order chi connectivity index (χ0) is 20.9. The van der Waals surface area contributed by atoms with Crippen LogP contribution in [0.25, 0.3) is 11.4 Å². The summed E-state index contributed by atoms with van der Waals surface area (Å²) in [6, 6.07) is 3.14. The molecule has 2 aromatic heterocycles. The van der Waals surface area contributed by atoms with E-state index in [0.29, 0.717) is 18.6 Å². The molecule has 158 valence electrons. The summed E-state index contributed by atoms with van der Waals surface area (Å²) in [4.78, 5) is 21.2. The number of hydrogen-bond donors (Lipinski definition) is 0. The van der Waals surface area contributed by atoms with Crippen LogP contribution in [-0.4, -0.2) is 72.1 Å². The molecular formula is C18H21F3N4O4. The molecule has 1 aliphatic heterocycles. The number of ether oxygens (including phenoxy) is 2. The molecule has 3 rings (SSSR count). The van der Waals surface area contributed by atoms with Gasteiger partial charge in [0.15, 0.2) is 5.41 Å². The first kappa shape index (κ1) is 21.2. The van der Waals surface area contributed by atoms with E-state index in [4.69, 9.17) is 14.0 Å². The molecule has 1 fully saturated rings. The van der Waals surface area contributed by atoms with Crippen molar-refractivity contribution in [2.75, 3.05) is 40.0 Å². The van der Waals surface area contributed by atoms with E-state index in [9.17, 15) is 18.0 Å². The highest BCUT2D eigenvalue weighted by molar-refractivity contribution is 5.78. The lowest BCUT2D eigenvalue weighted by atomic mass is 9.86. The van der Waals surface area contributed by atoms with E-state index in [1.165, 1.54) is 12.4 Å². The Hall–Kier alpha value is -2.53.